The van der Waals surface area contributed by atoms with Gasteiger partial charge in [-0.25, -0.2) is 9.78 Å². The van der Waals surface area contributed by atoms with Crippen molar-refractivity contribution < 1.29 is 9.90 Å². The minimum Gasteiger partial charge on any atom is -0.478 e. The van der Waals surface area contributed by atoms with Crippen LogP contribution in [0.4, 0.5) is 11.4 Å². The van der Waals surface area contributed by atoms with E-state index in [1.165, 1.54) is 4.88 Å². The number of aryl methyl sites for hydroxylation is 1. The standard InChI is InChI=1S/C11H11ClN2S.C3H4O2/c1-2-10-9(4-6-15-10)14-8-3-5-13-11(12)7-8;1-2-3(4)5/h3-7H,2H2,1H3,(H,13,14);2H,1H2,(H,4,5). The van der Waals surface area contributed by atoms with Crippen LogP contribution >= 0.6 is 22.9 Å². The molecule has 2 heterocycles. The number of pyridine rings is 1. The number of hydrogen-bond acceptors (Lipinski definition) is 4. The van der Waals surface area contributed by atoms with Gasteiger partial charge in [-0.2, -0.15) is 0 Å². The summed E-state index contributed by atoms with van der Waals surface area (Å²) in [5, 5.41) is 13.5. The Bertz CT molecular complexity index is 584. The number of hydrogen-bond donors (Lipinski definition) is 2. The molecule has 0 saturated heterocycles. The number of aliphatic carboxylic acids is 1. The van der Waals surface area contributed by atoms with Crippen molar-refractivity contribution in [2.45, 2.75) is 13.3 Å². The van der Waals surface area contributed by atoms with Crippen LogP contribution < -0.4 is 5.32 Å². The molecule has 0 aliphatic carbocycles. The SMILES string of the molecule is C=CC(=O)O.CCc1sccc1Nc1ccnc(Cl)c1. The average molecular weight is 311 g/mol. The van der Waals surface area contributed by atoms with Crippen LogP contribution in [-0.2, 0) is 11.2 Å². The van der Waals surface area contributed by atoms with Crippen LogP contribution in [0.5, 0.6) is 0 Å². The Morgan fingerprint density at radius 3 is 2.85 bits per heavy atom. The first-order valence-corrected chi connectivity index (χ1v) is 7.12. The van der Waals surface area contributed by atoms with Crippen LogP contribution in [0.15, 0.2) is 42.4 Å². The van der Waals surface area contributed by atoms with Crippen LogP contribution in [-0.4, -0.2) is 16.1 Å². The molecule has 2 N–H and O–H groups in total. The lowest BCUT2D eigenvalue weighted by Crippen LogP contribution is -1.91. The Balaban J connectivity index is 0.000000347. The quantitative estimate of drug-likeness (QED) is 0.650. The predicted molar refractivity (Wildman–Crippen MR) is 84.1 cm³/mol. The molecule has 0 spiro atoms. The van der Waals surface area contributed by atoms with E-state index in [1.807, 2.05) is 12.1 Å². The molecule has 0 unspecified atom stereocenters. The van der Waals surface area contributed by atoms with E-state index >= 15 is 0 Å². The van der Waals surface area contributed by atoms with Gasteiger partial charge >= 0.3 is 5.97 Å². The van der Waals surface area contributed by atoms with Crippen LogP contribution in [0, 0.1) is 0 Å². The summed E-state index contributed by atoms with van der Waals surface area (Å²) in [7, 11) is 0. The maximum Gasteiger partial charge on any atom is 0.327 e. The third-order valence-corrected chi connectivity index (χ3v) is 3.52. The largest absolute Gasteiger partial charge is 0.478 e. The Kier molecular flexibility index (Phi) is 6.76. The molecule has 4 nitrogen and oxygen atoms in total. The fourth-order valence-corrected chi connectivity index (χ4v) is 2.32. The summed E-state index contributed by atoms with van der Waals surface area (Å²) < 4.78 is 0. The number of nitrogens with one attached hydrogen (secondary N) is 1. The molecule has 0 bridgehead atoms. The fraction of sp³-hybridized carbons (Fsp3) is 0.143. The molecular formula is C14H15ClN2O2S. The maximum absolute atomic E-state index is 9.25. The Morgan fingerprint density at radius 2 is 2.30 bits per heavy atom. The third-order valence-electron chi connectivity index (χ3n) is 2.25. The van der Waals surface area contributed by atoms with Gasteiger partial charge in [-0.05, 0) is 30.0 Å². The van der Waals surface area contributed by atoms with Crippen LogP contribution in [0.1, 0.15) is 11.8 Å². The molecule has 0 aliphatic heterocycles. The Morgan fingerprint density at radius 1 is 1.60 bits per heavy atom. The van der Waals surface area contributed by atoms with Crippen molar-refractivity contribution in [3.8, 4) is 0 Å². The fourth-order valence-electron chi connectivity index (χ4n) is 1.36. The van der Waals surface area contributed by atoms with Gasteiger partial charge in [0.25, 0.3) is 0 Å². The van der Waals surface area contributed by atoms with Crippen LogP contribution in [0.25, 0.3) is 0 Å². The second-order valence-corrected chi connectivity index (χ2v) is 5.03. The van der Waals surface area contributed by atoms with Gasteiger partial charge in [-0.15, -0.1) is 11.3 Å². The summed E-state index contributed by atoms with van der Waals surface area (Å²) in [6.07, 6.45) is 3.57. The van der Waals surface area contributed by atoms with Gasteiger partial charge in [0.15, 0.2) is 0 Å². The van der Waals surface area contributed by atoms with E-state index in [0.29, 0.717) is 5.15 Å². The van der Waals surface area contributed by atoms with E-state index in [4.69, 9.17) is 16.7 Å². The molecule has 0 radical (unpaired) electrons. The number of nitrogens with zero attached hydrogens (tertiary/aromatic N) is 1. The van der Waals surface area contributed by atoms with Crippen molar-refractivity contribution in [1.29, 1.82) is 0 Å². The summed E-state index contributed by atoms with van der Waals surface area (Å²) in [6.45, 7) is 5.11. The normalized spacial score (nSPS) is 9.30. The molecule has 106 valence electrons. The molecule has 0 saturated carbocycles. The van der Waals surface area contributed by atoms with E-state index in [1.54, 1.807) is 17.5 Å². The number of carboxylic acid groups (broad SMARTS) is 1. The van der Waals surface area contributed by atoms with Crippen molar-refractivity contribution in [1.82, 2.24) is 4.98 Å². The van der Waals surface area contributed by atoms with Gasteiger partial charge in [-0.1, -0.05) is 25.1 Å². The lowest BCUT2D eigenvalue weighted by Gasteiger charge is -2.06. The zero-order chi connectivity index (χ0) is 15.0. The second kappa shape index (κ2) is 8.35. The summed E-state index contributed by atoms with van der Waals surface area (Å²) in [5.74, 6) is -0.981. The minimum atomic E-state index is -0.981. The van der Waals surface area contributed by atoms with E-state index in [-0.39, 0.29) is 0 Å². The molecule has 2 aromatic rings. The Hall–Kier alpha value is -1.85. The van der Waals surface area contributed by atoms with E-state index < -0.39 is 5.97 Å². The van der Waals surface area contributed by atoms with E-state index in [9.17, 15) is 4.79 Å². The lowest BCUT2D eigenvalue weighted by atomic mass is 10.3. The van der Waals surface area contributed by atoms with Gasteiger partial charge in [-0.3, -0.25) is 0 Å². The molecule has 20 heavy (non-hydrogen) atoms. The smallest absolute Gasteiger partial charge is 0.327 e. The second-order valence-electron chi connectivity index (χ2n) is 3.65. The van der Waals surface area contributed by atoms with Gasteiger partial charge in [0, 0.05) is 22.8 Å². The van der Waals surface area contributed by atoms with Crippen LogP contribution in [0.3, 0.4) is 0 Å². The molecule has 2 rings (SSSR count). The van der Waals surface area contributed by atoms with Gasteiger partial charge in [0.05, 0.1) is 5.69 Å². The number of aromatic nitrogens is 1. The molecule has 0 atom stereocenters. The number of carbonyl (C=O) groups is 1. The minimum absolute atomic E-state index is 0.508. The van der Waals surface area contributed by atoms with Crippen molar-refractivity contribution in [2.24, 2.45) is 0 Å². The van der Waals surface area contributed by atoms with Gasteiger partial charge < -0.3 is 10.4 Å². The highest BCUT2D eigenvalue weighted by atomic mass is 35.5. The summed E-state index contributed by atoms with van der Waals surface area (Å²) in [4.78, 5) is 14.5. The van der Waals surface area contributed by atoms with Crippen molar-refractivity contribution in [3.63, 3.8) is 0 Å². The monoisotopic (exact) mass is 310 g/mol. The first-order valence-electron chi connectivity index (χ1n) is 5.87. The number of halogens is 1. The first-order chi connectivity index (χ1) is 9.56. The van der Waals surface area contributed by atoms with Gasteiger partial charge in [0.1, 0.15) is 5.15 Å². The molecule has 0 aromatic carbocycles. The van der Waals surface area contributed by atoms with Crippen molar-refractivity contribution in [3.05, 3.63) is 52.5 Å². The highest BCUT2D eigenvalue weighted by Gasteiger charge is 2.02. The summed E-state index contributed by atoms with van der Waals surface area (Å²) in [6, 6.07) is 5.81. The van der Waals surface area contributed by atoms with Crippen LogP contribution in [0.2, 0.25) is 5.15 Å². The predicted octanol–water partition coefficient (Wildman–Crippen LogP) is 4.36. The zero-order valence-corrected chi connectivity index (χ0v) is 12.5. The molecule has 6 heteroatoms. The molecular weight excluding hydrogens is 296 g/mol. The molecule has 0 amide bonds. The molecule has 2 aromatic heterocycles. The highest BCUT2D eigenvalue weighted by molar-refractivity contribution is 7.10. The number of carboxylic acids is 1. The number of thiophene rings is 1. The maximum atomic E-state index is 9.25. The highest BCUT2D eigenvalue weighted by Crippen LogP contribution is 2.26. The van der Waals surface area contributed by atoms with E-state index in [2.05, 4.69) is 35.2 Å². The first kappa shape index (κ1) is 16.2. The summed E-state index contributed by atoms with van der Waals surface area (Å²) >= 11 is 7.57. The van der Waals surface area contributed by atoms with Gasteiger partial charge in [0.2, 0.25) is 0 Å². The molecule has 0 fully saturated rings. The number of anilines is 2. The Labute approximate surface area is 126 Å². The van der Waals surface area contributed by atoms with E-state index in [0.717, 1.165) is 23.9 Å². The summed E-state index contributed by atoms with van der Waals surface area (Å²) in [5.41, 5.74) is 2.13. The van der Waals surface area contributed by atoms with Crippen molar-refractivity contribution in [2.75, 3.05) is 5.32 Å². The zero-order valence-electron chi connectivity index (χ0n) is 11.0. The number of rotatable bonds is 4. The lowest BCUT2D eigenvalue weighted by molar-refractivity contribution is -0.131. The third kappa shape index (κ3) is 5.42. The topological polar surface area (TPSA) is 62.2 Å². The molecule has 0 aliphatic rings. The average Bonchev–Trinajstić information content (AvgIpc) is 2.86. The van der Waals surface area contributed by atoms with Crippen molar-refractivity contribution >= 4 is 40.3 Å².